The van der Waals surface area contributed by atoms with Crippen molar-refractivity contribution in [3.05, 3.63) is 30.6 Å². The number of aromatic nitrogens is 1. The second-order valence-corrected chi connectivity index (χ2v) is 5.63. The lowest BCUT2D eigenvalue weighted by Crippen LogP contribution is -2.24. The molecule has 1 aromatic carbocycles. The summed E-state index contributed by atoms with van der Waals surface area (Å²) in [4.78, 5) is 6.45. The molecule has 0 aliphatic heterocycles. The Bertz CT molecular complexity index is 573. The Morgan fingerprint density at radius 1 is 1.26 bits per heavy atom. The molecule has 1 aromatic heterocycles. The van der Waals surface area contributed by atoms with E-state index in [4.69, 9.17) is 5.73 Å². The molecule has 0 radical (unpaired) electrons. The minimum Gasteiger partial charge on any atom is -0.397 e. The summed E-state index contributed by atoms with van der Waals surface area (Å²) in [6.45, 7) is 1.11. The lowest BCUT2D eigenvalue weighted by molar-refractivity contribution is 0.547. The lowest BCUT2D eigenvalue weighted by atomic mass is 10.1. The summed E-state index contributed by atoms with van der Waals surface area (Å²) in [6, 6.07) is 6.23. The van der Waals surface area contributed by atoms with E-state index in [-0.39, 0.29) is 0 Å². The predicted octanol–water partition coefficient (Wildman–Crippen LogP) is 3.44. The van der Waals surface area contributed by atoms with Crippen LogP contribution in [-0.2, 0) is 0 Å². The van der Waals surface area contributed by atoms with E-state index < -0.39 is 0 Å². The van der Waals surface area contributed by atoms with Gasteiger partial charge in [0.05, 0.1) is 11.4 Å². The highest BCUT2D eigenvalue weighted by molar-refractivity contribution is 5.98. The third-order valence-corrected chi connectivity index (χ3v) is 4.26. The maximum Gasteiger partial charge on any atom is 0.0632 e. The molecule has 0 atom stereocenters. The first-order chi connectivity index (χ1) is 9.25. The fourth-order valence-electron chi connectivity index (χ4n) is 3.19. The fourth-order valence-corrected chi connectivity index (χ4v) is 3.19. The molecule has 1 heterocycles. The minimum atomic E-state index is 0.831. The summed E-state index contributed by atoms with van der Waals surface area (Å²) in [5.41, 5.74) is 8.34. The molecule has 0 saturated heterocycles. The van der Waals surface area contributed by atoms with Gasteiger partial charge in [-0.25, -0.2) is 0 Å². The van der Waals surface area contributed by atoms with Crippen LogP contribution in [0.4, 0.5) is 11.4 Å². The Labute approximate surface area is 114 Å². The van der Waals surface area contributed by atoms with E-state index >= 15 is 0 Å². The summed E-state index contributed by atoms with van der Waals surface area (Å²) in [5, 5.41) is 2.21. The quantitative estimate of drug-likeness (QED) is 0.854. The Hall–Kier alpha value is -1.77. The third kappa shape index (κ3) is 2.37. The van der Waals surface area contributed by atoms with Crippen molar-refractivity contribution in [1.29, 1.82) is 0 Å². The molecule has 100 valence electrons. The van der Waals surface area contributed by atoms with Gasteiger partial charge in [-0.2, -0.15) is 0 Å². The van der Waals surface area contributed by atoms with Crippen LogP contribution in [0.15, 0.2) is 30.6 Å². The standard InChI is InChI=1S/C16H21N3/c1-19(11-12-4-2-3-5-12)15-7-6-13-10-18-9-8-14(13)16(15)17/h6-10,12H,2-5,11,17H2,1H3. The van der Waals surface area contributed by atoms with Crippen LogP contribution in [0, 0.1) is 5.92 Å². The summed E-state index contributed by atoms with van der Waals surface area (Å²) < 4.78 is 0. The van der Waals surface area contributed by atoms with E-state index in [2.05, 4.69) is 29.1 Å². The molecule has 3 rings (SSSR count). The van der Waals surface area contributed by atoms with Crippen molar-refractivity contribution in [1.82, 2.24) is 4.98 Å². The summed E-state index contributed by atoms with van der Waals surface area (Å²) in [6.07, 6.45) is 9.17. The average Bonchev–Trinajstić information content (AvgIpc) is 2.92. The molecule has 0 unspecified atom stereocenters. The predicted molar refractivity (Wildman–Crippen MR) is 81.4 cm³/mol. The van der Waals surface area contributed by atoms with Crippen molar-refractivity contribution >= 4 is 22.1 Å². The molecule has 19 heavy (non-hydrogen) atoms. The summed E-state index contributed by atoms with van der Waals surface area (Å²) in [7, 11) is 2.15. The fraction of sp³-hybridized carbons (Fsp3) is 0.438. The van der Waals surface area contributed by atoms with Crippen LogP contribution in [0.5, 0.6) is 0 Å². The van der Waals surface area contributed by atoms with Gasteiger partial charge in [-0.15, -0.1) is 0 Å². The van der Waals surface area contributed by atoms with Gasteiger partial charge in [0.15, 0.2) is 0 Å². The van der Waals surface area contributed by atoms with Crippen LogP contribution in [0.1, 0.15) is 25.7 Å². The first-order valence-corrected chi connectivity index (χ1v) is 7.09. The molecule has 0 bridgehead atoms. The van der Waals surface area contributed by atoms with Gasteiger partial charge in [-0.1, -0.05) is 18.9 Å². The number of nitrogens with zero attached hydrogens (tertiary/aromatic N) is 2. The SMILES string of the molecule is CN(CC1CCCC1)c1ccc2cnccc2c1N. The van der Waals surface area contributed by atoms with Gasteiger partial charge in [0.25, 0.3) is 0 Å². The number of nitrogen functional groups attached to an aromatic ring is 1. The Kier molecular flexibility index (Phi) is 3.28. The number of anilines is 2. The number of hydrogen-bond donors (Lipinski definition) is 1. The highest BCUT2D eigenvalue weighted by Crippen LogP contribution is 2.32. The van der Waals surface area contributed by atoms with Crippen molar-refractivity contribution in [2.75, 3.05) is 24.2 Å². The molecule has 1 aliphatic rings. The van der Waals surface area contributed by atoms with Crippen LogP contribution in [0.3, 0.4) is 0 Å². The Morgan fingerprint density at radius 3 is 2.84 bits per heavy atom. The molecule has 0 amide bonds. The third-order valence-electron chi connectivity index (χ3n) is 4.26. The number of benzene rings is 1. The second kappa shape index (κ2) is 5.08. The molecule has 1 fully saturated rings. The molecule has 3 heteroatoms. The molecule has 1 aliphatic carbocycles. The largest absolute Gasteiger partial charge is 0.397 e. The molecule has 2 aromatic rings. The highest BCUT2D eigenvalue weighted by atomic mass is 15.1. The van der Waals surface area contributed by atoms with E-state index in [0.29, 0.717) is 0 Å². The topological polar surface area (TPSA) is 42.2 Å². The number of nitrogens with two attached hydrogens (primary N) is 1. The summed E-state index contributed by atoms with van der Waals surface area (Å²) in [5.74, 6) is 0.831. The zero-order valence-corrected chi connectivity index (χ0v) is 11.5. The normalized spacial score (nSPS) is 16.1. The van der Waals surface area contributed by atoms with Crippen molar-refractivity contribution in [2.45, 2.75) is 25.7 Å². The maximum atomic E-state index is 6.32. The number of pyridine rings is 1. The zero-order chi connectivity index (χ0) is 13.2. The van der Waals surface area contributed by atoms with E-state index in [1.54, 1.807) is 6.20 Å². The van der Waals surface area contributed by atoms with Gasteiger partial charge in [0.1, 0.15) is 0 Å². The van der Waals surface area contributed by atoms with Crippen LogP contribution < -0.4 is 10.6 Å². The van der Waals surface area contributed by atoms with Gasteiger partial charge in [0.2, 0.25) is 0 Å². The molecular formula is C16H21N3. The van der Waals surface area contributed by atoms with Crippen LogP contribution in [0.25, 0.3) is 10.8 Å². The molecular weight excluding hydrogens is 234 g/mol. The average molecular weight is 255 g/mol. The molecule has 0 spiro atoms. The lowest BCUT2D eigenvalue weighted by Gasteiger charge is -2.25. The van der Waals surface area contributed by atoms with E-state index in [1.807, 2.05) is 12.3 Å². The van der Waals surface area contributed by atoms with Crippen molar-refractivity contribution < 1.29 is 0 Å². The first kappa shape index (κ1) is 12.3. The second-order valence-electron chi connectivity index (χ2n) is 5.63. The van der Waals surface area contributed by atoms with Crippen LogP contribution in [0.2, 0.25) is 0 Å². The molecule has 1 saturated carbocycles. The number of rotatable bonds is 3. The van der Waals surface area contributed by atoms with Gasteiger partial charge in [-0.05, 0) is 30.9 Å². The maximum absolute atomic E-state index is 6.32. The van der Waals surface area contributed by atoms with Crippen molar-refractivity contribution in [3.8, 4) is 0 Å². The van der Waals surface area contributed by atoms with Crippen LogP contribution >= 0.6 is 0 Å². The van der Waals surface area contributed by atoms with Gasteiger partial charge >= 0.3 is 0 Å². The summed E-state index contributed by atoms with van der Waals surface area (Å²) >= 11 is 0. The van der Waals surface area contributed by atoms with E-state index in [9.17, 15) is 0 Å². The zero-order valence-electron chi connectivity index (χ0n) is 11.5. The monoisotopic (exact) mass is 255 g/mol. The minimum absolute atomic E-state index is 0.831. The van der Waals surface area contributed by atoms with Gasteiger partial charge < -0.3 is 10.6 Å². The van der Waals surface area contributed by atoms with E-state index in [0.717, 1.165) is 34.6 Å². The van der Waals surface area contributed by atoms with E-state index in [1.165, 1.54) is 25.7 Å². The number of hydrogen-bond acceptors (Lipinski definition) is 3. The Morgan fingerprint density at radius 2 is 2.05 bits per heavy atom. The smallest absolute Gasteiger partial charge is 0.0632 e. The first-order valence-electron chi connectivity index (χ1n) is 7.09. The van der Waals surface area contributed by atoms with Crippen molar-refractivity contribution in [3.63, 3.8) is 0 Å². The molecule has 2 N–H and O–H groups in total. The van der Waals surface area contributed by atoms with Crippen LogP contribution in [-0.4, -0.2) is 18.6 Å². The molecule has 3 nitrogen and oxygen atoms in total. The van der Waals surface area contributed by atoms with Crippen molar-refractivity contribution in [2.24, 2.45) is 5.92 Å². The van der Waals surface area contributed by atoms with Gasteiger partial charge in [0, 0.05) is 36.8 Å². The highest BCUT2D eigenvalue weighted by Gasteiger charge is 2.18. The van der Waals surface area contributed by atoms with Gasteiger partial charge in [-0.3, -0.25) is 4.98 Å². The Balaban J connectivity index is 1.89. The number of fused-ring (bicyclic) bond motifs is 1.